The van der Waals surface area contributed by atoms with Crippen molar-refractivity contribution >= 4 is 11.8 Å². The van der Waals surface area contributed by atoms with Gasteiger partial charge < -0.3 is 10.0 Å². The van der Waals surface area contributed by atoms with Gasteiger partial charge in [0.1, 0.15) is 5.82 Å². The molecule has 1 aromatic heterocycles. The van der Waals surface area contributed by atoms with Crippen molar-refractivity contribution in [1.29, 1.82) is 0 Å². The molecule has 0 radical (unpaired) electrons. The molecule has 0 spiro atoms. The number of halogens is 3. The monoisotopic (exact) mass is 236 g/mol. The summed E-state index contributed by atoms with van der Waals surface area (Å²) in [5.74, 6) is -1.76. The lowest BCUT2D eigenvalue weighted by Gasteiger charge is -2.08. The van der Waals surface area contributed by atoms with Gasteiger partial charge in [-0.25, -0.2) is 9.78 Å². The maximum absolute atomic E-state index is 10.6. The highest BCUT2D eigenvalue weighted by molar-refractivity contribution is 5.73. The normalized spacial score (nSPS) is 10.1. The summed E-state index contributed by atoms with van der Waals surface area (Å²) in [4.78, 5) is 15.0. The van der Waals surface area contributed by atoms with Crippen LogP contribution in [-0.4, -0.2) is 36.3 Å². The molecule has 1 aromatic rings. The van der Waals surface area contributed by atoms with E-state index in [2.05, 4.69) is 4.98 Å². The Morgan fingerprint density at radius 1 is 1.38 bits per heavy atom. The maximum atomic E-state index is 10.6. The molecule has 0 aliphatic rings. The first-order chi connectivity index (χ1) is 7.25. The van der Waals surface area contributed by atoms with E-state index in [1.165, 1.54) is 0 Å². The fourth-order valence-electron chi connectivity index (χ4n) is 0.618. The Bertz CT molecular complexity index is 325. The average molecular weight is 236 g/mol. The minimum atomic E-state index is -5.08. The third-order valence-electron chi connectivity index (χ3n) is 1.35. The van der Waals surface area contributed by atoms with Gasteiger partial charge in [0.05, 0.1) is 0 Å². The molecule has 0 saturated heterocycles. The lowest BCUT2D eigenvalue weighted by atomic mass is 10.4. The Balaban J connectivity index is 0.000000293. The molecule has 0 amide bonds. The van der Waals surface area contributed by atoms with Gasteiger partial charge >= 0.3 is 12.1 Å². The molecule has 0 unspecified atom stereocenters. The van der Waals surface area contributed by atoms with E-state index in [1.807, 2.05) is 37.2 Å². The van der Waals surface area contributed by atoms with Crippen LogP contribution in [0.1, 0.15) is 0 Å². The summed E-state index contributed by atoms with van der Waals surface area (Å²) in [6.45, 7) is 0. The average Bonchev–Trinajstić information content (AvgIpc) is 2.18. The van der Waals surface area contributed by atoms with E-state index in [1.54, 1.807) is 6.20 Å². The number of aliphatic carboxylic acids is 1. The van der Waals surface area contributed by atoms with Gasteiger partial charge in [0.25, 0.3) is 0 Å². The van der Waals surface area contributed by atoms with Crippen LogP contribution in [0.2, 0.25) is 0 Å². The van der Waals surface area contributed by atoms with Crippen LogP contribution in [0.15, 0.2) is 24.4 Å². The van der Waals surface area contributed by atoms with Gasteiger partial charge in [-0.15, -0.1) is 0 Å². The summed E-state index contributed by atoms with van der Waals surface area (Å²) in [6.07, 6.45) is -3.30. The number of carboxylic acids is 1. The standard InChI is InChI=1S/C7H10N2.C2HF3O2/c1-9(2)7-5-3-4-6-8-7;3-2(4,5)1(6)7/h3-6H,1-2H3;(H,6,7). The number of alkyl halides is 3. The number of nitrogens with zero attached hydrogens (tertiary/aromatic N) is 2. The molecule has 0 atom stereocenters. The molecule has 4 nitrogen and oxygen atoms in total. The molecule has 0 saturated carbocycles. The largest absolute Gasteiger partial charge is 0.490 e. The second-order valence-corrected chi connectivity index (χ2v) is 2.89. The summed E-state index contributed by atoms with van der Waals surface area (Å²) in [7, 11) is 3.95. The van der Waals surface area contributed by atoms with Gasteiger partial charge in [0.15, 0.2) is 0 Å². The van der Waals surface area contributed by atoms with Crippen LogP contribution in [0.25, 0.3) is 0 Å². The number of aromatic nitrogens is 1. The number of carbonyl (C=O) groups is 1. The molecule has 1 N–H and O–H groups in total. The zero-order valence-corrected chi connectivity index (χ0v) is 8.69. The molecule has 90 valence electrons. The van der Waals surface area contributed by atoms with Crippen molar-refractivity contribution in [2.24, 2.45) is 0 Å². The number of anilines is 1. The van der Waals surface area contributed by atoms with Crippen molar-refractivity contribution in [3.05, 3.63) is 24.4 Å². The Kier molecular flexibility index (Phi) is 5.27. The fourth-order valence-corrected chi connectivity index (χ4v) is 0.618. The quantitative estimate of drug-likeness (QED) is 0.807. The zero-order chi connectivity index (χ0) is 12.8. The van der Waals surface area contributed by atoms with Gasteiger partial charge in [-0.1, -0.05) is 6.07 Å². The Labute approximate surface area is 90.3 Å². The van der Waals surface area contributed by atoms with Crippen LogP contribution >= 0.6 is 0 Å². The van der Waals surface area contributed by atoms with Crippen molar-refractivity contribution in [3.8, 4) is 0 Å². The first-order valence-electron chi connectivity index (χ1n) is 4.13. The number of carboxylic acid groups (broad SMARTS) is 1. The van der Waals surface area contributed by atoms with Crippen molar-refractivity contribution < 1.29 is 23.1 Å². The molecule has 16 heavy (non-hydrogen) atoms. The van der Waals surface area contributed by atoms with Crippen molar-refractivity contribution in [3.63, 3.8) is 0 Å². The van der Waals surface area contributed by atoms with Crippen LogP contribution < -0.4 is 4.90 Å². The summed E-state index contributed by atoms with van der Waals surface area (Å²) in [5, 5.41) is 7.12. The molecule has 0 fully saturated rings. The third kappa shape index (κ3) is 5.84. The predicted octanol–water partition coefficient (Wildman–Crippen LogP) is 1.78. The highest BCUT2D eigenvalue weighted by Gasteiger charge is 2.38. The Hall–Kier alpha value is -1.79. The molecule has 0 aliphatic heterocycles. The van der Waals surface area contributed by atoms with Crippen LogP contribution in [-0.2, 0) is 4.79 Å². The number of rotatable bonds is 1. The van der Waals surface area contributed by atoms with E-state index in [0.29, 0.717) is 0 Å². The van der Waals surface area contributed by atoms with Gasteiger partial charge in [0.2, 0.25) is 0 Å². The predicted molar refractivity (Wildman–Crippen MR) is 52.3 cm³/mol. The summed E-state index contributed by atoms with van der Waals surface area (Å²) < 4.78 is 31.7. The third-order valence-corrected chi connectivity index (χ3v) is 1.35. The molecule has 1 rings (SSSR count). The maximum Gasteiger partial charge on any atom is 0.490 e. The summed E-state index contributed by atoms with van der Waals surface area (Å²) in [6, 6.07) is 5.86. The second-order valence-electron chi connectivity index (χ2n) is 2.89. The van der Waals surface area contributed by atoms with E-state index in [0.717, 1.165) is 5.82 Å². The highest BCUT2D eigenvalue weighted by Crippen LogP contribution is 2.13. The van der Waals surface area contributed by atoms with Crippen molar-refractivity contribution in [2.45, 2.75) is 6.18 Å². The molecule has 0 aliphatic carbocycles. The topological polar surface area (TPSA) is 53.4 Å². The van der Waals surface area contributed by atoms with Crippen LogP contribution in [0, 0.1) is 0 Å². The van der Waals surface area contributed by atoms with Crippen LogP contribution in [0.5, 0.6) is 0 Å². The SMILES string of the molecule is CN(C)c1ccccn1.O=C(O)C(F)(F)F. The molecule has 1 heterocycles. The lowest BCUT2D eigenvalue weighted by Crippen LogP contribution is -2.21. The fraction of sp³-hybridized carbons (Fsp3) is 0.333. The van der Waals surface area contributed by atoms with Gasteiger partial charge in [0, 0.05) is 20.3 Å². The highest BCUT2D eigenvalue weighted by atomic mass is 19.4. The number of hydrogen-bond donors (Lipinski definition) is 1. The number of hydrogen-bond acceptors (Lipinski definition) is 3. The van der Waals surface area contributed by atoms with Crippen LogP contribution in [0.3, 0.4) is 0 Å². The van der Waals surface area contributed by atoms with Crippen LogP contribution in [0.4, 0.5) is 19.0 Å². The van der Waals surface area contributed by atoms with Crippen molar-refractivity contribution in [1.82, 2.24) is 4.98 Å². The number of pyridine rings is 1. The zero-order valence-electron chi connectivity index (χ0n) is 8.69. The first kappa shape index (κ1) is 14.2. The molecule has 0 bridgehead atoms. The van der Waals surface area contributed by atoms with Crippen molar-refractivity contribution in [2.75, 3.05) is 19.0 Å². The van der Waals surface area contributed by atoms with E-state index in [-0.39, 0.29) is 0 Å². The van der Waals surface area contributed by atoms with Gasteiger partial charge in [-0.2, -0.15) is 13.2 Å². The van der Waals surface area contributed by atoms with E-state index >= 15 is 0 Å². The van der Waals surface area contributed by atoms with E-state index in [4.69, 9.17) is 9.90 Å². The first-order valence-corrected chi connectivity index (χ1v) is 4.13. The molecular formula is C9H11F3N2O2. The molecule has 7 heteroatoms. The summed E-state index contributed by atoms with van der Waals surface area (Å²) >= 11 is 0. The van der Waals surface area contributed by atoms with Gasteiger partial charge in [-0.05, 0) is 12.1 Å². The second kappa shape index (κ2) is 5.94. The lowest BCUT2D eigenvalue weighted by molar-refractivity contribution is -0.192. The minimum Gasteiger partial charge on any atom is -0.475 e. The van der Waals surface area contributed by atoms with E-state index in [9.17, 15) is 13.2 Å². The van der Waals surface area contributed by atoms with E-state index < -0.39 is 12.1 Å². The Morgan fingerprint density at radius 3 is 2.06 bits per heavy atom. The summed E-state index contributed by atoms with van der Waals surface area (Å²) in [5.41, 5.74) is 0. The molecular weight excluding hydrogens is 225 g/mol. The van der Waals surface area contributed by atoms with Gasteiger partial charge in [-0.3, -0.25) is 0 Å². The smallest absolute Gasteiger partial charge is 0.475 e. The molecule has 0 aromatic carbocycles. The Morgan fingerprint density at radius 2 is 1.88 bits per heavy atom. The minimum absolute atomic E-state index is 0.998.